The summed E-state index contributed by atoms with van der Waals surface area (Å²) in [5.74, 6) is 0.170. The highest BCUT2D eigenvalue weighted by Gasteiger charge is 2.18. The quantitative estimate of drug-likeness (QED) is 0.329. The third kappa shape index (κ3) is 4.49. The predicted molar refractivity (Wildman–Crippen MR) is 125 cm³/mol. The fraction of sp³-hybridized carbons (Fsp3) is 0.160. The molecule has 5 aromatic rings. The first-order valence-corrected chi connectivity index (χ1v) is 10.9. The molecule has 0 fully saturated rings. The first-order valence-electron chi connectivity index (χ1n) is 10.9. The Hall–Kier alpha value is -4.53. The molecule has 9 nitrogen and oxygen atoms in total. The molecule has 0 aliphatic heterocycles. The van der Waals surface area contributed by atoms with Gasteiger partial charge in [0.15, 0.2) is 11.2 Å². The van der Waals surface area contributed by atoms with Gasteiger partial charge in [0.1, 0.15) is 6.61 Å². The van der Waals surface area contributed by atoms with Gasteiger partial charge in [-0.25, -0.2) is 14.5 Å². The second-order valence-corrected chi connectivity index (χ2v) is 7.53. The molecule has 0 saturated carbocycles. The van der Waals surface area contributed by atoms with E-state index in [1.54, 1.807) is 13.3 Å². The van der Waals surface area contributed by atoms with Gasteiger partial charge in [0.2, 0.25) is 5.88 Å². The van der Waals surface area contributed by atoms with Crippen LogP contribution in [0.1, 0.15) is 28.4 Å². The summed E-state index contributed by atoms with van der Waals surface area (Å²) in [6, 6.07) is 19.9. The van der Waals surface area contributed by atoms with Gasteiger partial charge in [-0.3, -0.25) is 0 Å². The molecular formula is C25H22N6O3. The van der Waals surface area contributed by atoms with Gasteiger partial charge in [-0.05, 0) is 18.1 Å². The average Bonchev–Trinajstić information content (AvgIpc) is 3.52. The molecule has 0 atom stereocenters. The van der Waals surface area contributed by atoms with Gasteiger partial charge in [0, 0.05) is 12.7 Å². The molecule has 0 saturated heterocycles. The Balaban J connectivity index is 1.54. The molecule has 3 aromatic heterocycles. The first-order chi connectivity index (χ1) is 16.7. The lowest BCUT2D eigenvalue weighted by Crippen LogP contribution is -2.08. The van der Waals surface area contributed by atoms with Crippen molar-refractivity contribution in [2.24, 2.45) is 0 Å². The fourth-order valence-corrected chi connectivity index (χ4v) is 3.52. The summed E-state index contributed by atoms with van der Waals surface area (Å²) >= 11 is 0. The second-order valence-electron chi connectivity index (χ2n) is 7.53. The van der Waals surface area contributed by atoms with Crippen LogP contribution in [0, 0.1) is 0 Å². The van der Waals surface area contributed by atoms with E-state index in [9.17, 15) is 4.79 Å². The van der Waals surface area contributed by atoms with E-state index >= 15 is 0 Å². The number of imidazole rings is 1. The van der Waals surface area contributed by atoms with Crippen molar-refractivity contribution in [2.75, 3.05) is 6.61 Å². The van der Waals surface area contributed by atoms with Gasteiger partial charge in [-0.15, -0.1) is 0 Å². The van der Waals surface area contributed by atoms with Crippen LogP contribution in [0.5, 0.6) is 5.88 Å². The summed E-state index contributed by atoms with van der Waals surface area (Å²) < 4.78 is 14.6. The molecule has 0 unspecified atom stereocenters. The second kappa shape index (κ2) is 9.53. The van der Waals surface area contributed by atoms with Crippen LogP contribution in [-0.2, 0) is 17.9 Å². The molecule has 170 valence electrons. The summed E-state index contributed by atoms with van der Waals surface area (Å²) in [5, 5.41) is 4.23. The molecule has 0 bridgehead atoms. The van der Waals surface area contributed by atoms with E-state index in [1.165, 1.54) is 17.1 Å². The van der Waals surface area contributed by atoms with Crippen molar-refractivity contribution < 1.29 is 14.3 Å². The number of carbonyl (C=O) groups is 1. The predicted octanol–water partition coefficient (Wildman–Crippen LogP) is 3.82. The van der Waals surface area contributed by atoms with Crippen molar-refractivity contribution in [1.29, 1.82) is 0 Å². The normalized spacial score (nSPS) is 11.0. The Bertz CT molecular complexity index is 1410. The van der Waals surface area contributed by atoms with Gasteiger partial charge in [-0.2, -0.15) is 15.1 Å². The van der Waals surface area contributed by atoms with Gasteiger partial charge in [0.25, 0.3) is 5.95 Å². The maximum Gasteiger partial charge on any atom is 0.341 e. The van der Waals surface area contributed by atoms with E-state index in [2.05, 4.69) is 20.1 Å². The minimum absolute atomic E-state index is 0.246. The number of benzene rings is 2. The highest BCUT2D eigenvalue weighted by Crippen LogP contribution is 2.25. The standard InChI is InChI=1S/C25H22N6O3/c1-2-33-24(32)20-13-27-31(15-20)25-28-22-21(23(29-25)34-16-19-11-7-4-8-12-19)30(17-26-22)14-18-9-5-3-6-10-18/h3-13,15,17H,2,14,16H2,1H3. The molecule has 0 N–H and O–H groups in total. The summed E-state index contributed by atoms with van der Waals surface area (Å²) in [5.41, 5.74) is 3.59. The number of esters is 1. The Morgan fingerprint density at radius 1 is 0.971 bits per heavy atom. The topological polar surface area (TPSA) is 97.0 Å². The Labute approximate surface area is 195 Å². The average molecular weight is 454 g/mol. The van der Waals surface area contributed by atoms with Crippen molar-refractivity contribution >= 4 is 17.1 Å². The monoisotopic (exact) mass is 454 g/mol. The molecule has 0 aliphatic rings. The number of hydrogen-bond donors (Lipinski definition) is 0. The van der Waals surface area contributed by atoms with Crippen LogP contribution in [0.15, 0.2) is 79.4 Å². The molecule has 0 spiro atoms. The maximum absolute atomic E-state index is 12.0. The van der Waals surface area contributed by atoms with Crippen LogP contribution >= 0.6 is 0 Å². The van der Waals surface area contributed by atoms with Crippen LogP contribution in [0.2, 0.25) is 0 Å². The minimum atomic E-state index is -0.456. The zero-order valence-corrected chi connectivity index (χ0v) is 18.5. The van der Waals surface area contributed by atoms with E-state index in [-0.39, 0.29) is 12.6 Å². The first kappa shape index (κ1) is 21.3. The Kier molecular flexibility index (Phi) is 5.98. The fourth-order valence-electron chi connectivity index (χ4n) is 3.52. The zero-order chi connectivity index (χ0) is 23.3. The lowest BCUT2D eigenvalue weighted by atomic mass is 10.2. The van der Waals surface area contributed by atoms with Crippen LogP contribution < -0.4 is 4.74 Å². The molecule has 9 heteroatoms. The highest BCUT2D eigenvalue weighted by atomic mass is 16.5. The minimum Gasteiger partial charge on any atom is -0.471 e. The maximum atomic E-state index is 12.0. The summed E-state index contributed by atoms with van der Waals surface area (Å²) in [6.07, 6.45) is 4.67. The van der Waals surface area contributed by atoms with E-state index < -0.39 is 5.97 Å². The lowest BCUT2D eigenvalue weighted by Gasteiger charge is -2.11. The van der Waals surface area contributed by atoms with Crippen molar-refractivity contribution in [1.82, 2.24) is 29.3 Å². The lowest BCUT2D eigenvalue weighted by molar-refractivity contribution is 0.0526. The number of hydrogen-bond acceptors (Lipinski definition) is 7. The Morgan fingerprint density at radius 2 is 1.71 bits per heavy atom. The summed E-state index contributed by atoms with van der Waals surface area (Å²) in [6.45, 7) is 2.96. The van der Waals surface area contributed by atoms with Crippen LogP contribution in [-0.4, -0.2) is 41.9 Å². The van der Waals surface area contributed by atoms with Gasteiger partial charge in [0.05, 0.1) is 24.7 Å². The van der Waals surface area contributed by atoms with Gasteiger partial charge >= 0.3 is 5.97 Å². The molecular weight excluding hydrogens is 432 g/mol. The molecule has 5 rings (SSSR count). The number of rotatable bonds is 8. The molecule has 0 amide bonds. The largest absolute Gasteiger partial charge is 0.471 e. The third-order valence-electron chi connectivity index (χ3n) is 5.14. The molecule has 0 radical (unpaired) electrons. The van der Waals surface area contributed by atoms with Crippen molar-refractivity contribution in [3.8, 4) is 11.8 Å². The van der Waals surface area contributed by atoms with Gasteiger partial charge in [-0.1, -0.05) is 60.7 Å². The van der Waals surface area contributed by atoms with E-state index in [0.717, 1.165) is 11.1 Å². The summed E-state index contributed by atoms with van der Waals surface area (Å²) in [4.78, 5) is 25.7. The molecule has 34 heavy (non-hydrogen) atoms. The highest BCUT2D eigenvalue weighted by molar-refractivity contribution is 5.88. The third-order valence-corrected chi connectivity index (χ3v) is 5.14. The van der Waals surface area contributed by atoms with Crippen molar-refractivity contribution in [2.45, 2.75) is 20.1 Å². The van der Waals surface area contributed by atoms with Crippen LogP contribution in [0.25, 0.3) is 17.1 Å². The number of ether oxygens (including phenoxy) is 2. The van der Waals surface area contributed by atoms with Crippen molar-refractivity contribution in [3.63, 3.8) is 0 Å². The Morgan fingerprint density at radius 3 is 2.44 bits per heavy atom. The molecule has 0 aliphatic carbocycles. The van der Waals surface area contributed by atoms with Crippen LogP contribution in [0.4, 0.5) is 0 Å². The number of carbonyl (C=O) groups excluding carboxylic acids is 1. The van der Waals surface area contributed by atoms with Crippen LogP contribution in [0.3, 0.4) is 0 Å². The number of fused-ring (bicyclic) bond motifs is 1. The number of nitrogens with zero attached hydrogens (tertiary/aromatic N) is 6. The van der Waals surface area contributed by atoms with E-state index in [4.69, 9.17) is 9.47 Å². The molecule has 2 aromatic carbocycles. The van der Waals surface area contributed by atoms with Gasteiger partial charge < -0.3 is 14.0 Å². The molecule has 3 heterocycles. The smallest absolute Gasteiger partial charge is 0.341 e. The zero-order valence-electron chi connectivity index (χ0n) is 18.5. The summed E-state index contributed by atoms with van der Waals surface area (Å²) in [7, 11) is 0. The van der Waals surface area contributed by atoms with E-state index in [0.29, 0.717) is 35.8 Å². The van der Waals surface area contributed by atoms with E-state index in [1.807, 2.05) is 65.2 Å². The SMILES string of the molecule is CCOC(=O)c1cnn(-c2nc(OCc3ccccc3)c3c(ncn3Cc3ccccc3)n2)c1. The number of aromatic nitrogens is 6. The van der Waals surface area contributed by atoms with Crippen molar-refractivity contribution in [3.05, 3.63) is 96.1 Å².